The van der Waals surface area contributed by atoms with Crippen molar-refractivity contribution in [1.29, 1.82) is 0 Å². The minimum atomic E-state index is -0.441. The Bertz CT molecular complexity index is 895. The van der Waals surface area contributed by atoms with E-state index in [1.54, 1.807) is 14.7 Å². The van der Waals surface area contributed by atoms with Crippen molar-refractivity contribution in [1.82, 2.24) is 14.7 Å². The lowest BCUT2D eigenvalue weighted by atomic mass is 9.94. The van der Waals surface area contributed by atoms with Gasteiger partial charge in [-0.15, -0.1) is 0 Å². The van der Waals surface area contributed by atoms with Crippen LogP contribution in [0, 0.1) is 17.8 Å². The second-order valence-electron chi connectivity index (χ2n) is 15.6. The molecule has 0 aliphatic carbocycles. The van der Waals surface area contributed by atoms with Crippen LogP contribution in [0.1, 0.15) is 107 Å². The van der Waals surface area contributed by atoms with Crippen molar-refractivity contribution in [2.45, 2.75) is 124 Å². The second kappa shape index (κ2) is 19.5. The Hall–Kier alpha value is -2.31. The second-order valence-corrected chi connectivity index (χ2v) is 15.6. The summed E-state index contributed by atoms with van der Waals surface area (Å²) in [5, 5.41) is 26.9. The van der Waals surface area contributed by atoms with Crippen LogP contribution in [0.3, 0.4) is 0 Å². The lowest BCUT2D eigenvalue weighted by Crippen LogP contribution is -2.43. The maximum atomic E-state index is 11.7. The predicted molar refractivity (Wildman–Crippen MR) is 177 cm³/mol. The van der Waals surface area contributed by atoms with Gasteiger partial charge in [-0.3, -0.25) is 0 Å². The average Bonchev–Trinajstić information content (AvgIpc) is 2.96. The van der Waals surface area contributed by atoms with Gasteiger partial charge in [-0.1, -0.05) is 0 Å². The van der Waals surface area contributed by atoms with Gasteiger partial charge in [0.05, 0.1) is 0 Å². The Kier molecular flexibility index (Phi) is 17.7. The first-order valence-electron chi connectivity index (χ1n) is 17.0. The average molecular weight is 660 g/mol. The Labute approximate surface area is 277 Å². The number of amides is 3. The minimum Gasteiger partial charge on any atom is -0.444 e. The summed E-state index contributed by atoms with van der Waals surface area (Å²) in [5.41, 5.74) is -1.28. The standard InChI is InChI=1S/C12H23NO3.2C11H21NO3/c1-12(2,3)16-11(15)13-7-4-10(5-8-13)6-9-14;1-11(2,3)15-10(14)12-6-4-9(8-13)5-7-12;1-11(2,3)15-10(14)12-6-4-5-9(7-12)8-13/h10,14H,4-9H2,1-3H3;2*9,13H,4-8H2,1-3H3. The molecule has 1 atom stereocenters. The van der Waals surface area contributed by atoms with Crippen LogP contribution >= 0.6 is 0 Å². The maximum Gasteiger partial charge on any atom is 0.410 e. The number of rotatable bonds is 4. The first-order valence-corrected chi connectivity index (χ1v) is 17.0. The minimum absolute atomic E-state index is 0.152. The molecule has 0 radical (unpaired) electrons. The fraction of sp³-hybridized carbons (Fsp3) is 0.912. The highest BCUT2D eigenvalue weighted by Crippen LogP contribution is 2.22. The summed E-state index contributed by atoms with van der Waals surface area (Å²) in [6.07, 6.45) is 5.77. The molecule has 3 heterocycles. The van der Waals surface area contributed by atoms with Crippen molar-refractivity contribution in [3.8, 4) is 0 Å². The number of likely N-dealkylation sites (tertiary alicyclic amines) is 3. The molecule has 0 aromatic carbocycles. The monoisotopic (exact) mass is 659 g/mol. The Morgan fingerprint density at radius 3 is 1.26 bits per heavy atom. The zero-order valence-electron chi connectivity index (χ0n) is 30.2. The number of hydrogen-bond donors (Lipinski definition) is 3. The van der Waals surface area contributed by atoms with Gasteiger partial charge in [0.15, 0.2) is 0 Å². The van der Waals surface area contributed by atoms with E-state index in [0.717, 1.165) is 64.6 Å². The third kappa shape index (κ3) is 18.1. The van der Waals surface area contributed by atoms with E-state index < -0.39 is 16.8 Å². The number of aliphatic hydroxyl groups excluding tert-OH is 3. The molecule has 1 unspecified atom stereocenters. The quantitative estimate of drug-likeness (QED) is 0.343. The third-order valence-corrected chi connectivity index (χ3v) is 7.76. The molecular weight excluding hydrogens is 594 g/mol. The van der Waals surface area contributed by atoms with Crippen molar-refractivity contribution in [3.63, 3.8) is 0 Å². The molecule has 270 valence electrons. The van der Waals surface area contributed by atoms with Crippen LogP contribution in [0.25, 0.3) is 0 Å². The highest BCUT2D eigenvalue weighted by atomic mass is 16.6. The van der Waals surface area contributed by atoms with Crippen LogP contribution in [-0.2, 0) is 14.2 Å². The molecule has 3 aliphatic rings. The highest BCUT2D eigenvalue weighted by Gasteiger charge is 2.29. The smallest absolute Gasteiger partial charge is 0.410 e. The molecule has 0 spiro atoms. The fourth-order valence-corrected chi connectivity index (χ4v) is 5.24. The summed E-state index contributed by atoms with van der Waals surface area (Å²) in [7, 11) is 0. The summed E-state index contributed by atoms with van der Waals surface area (Å²) >= 11 is 0. The van der Waals surface area contributed by atoms with Crippen LogP contribution in [0.15, 0.2) is 0 Å². The molecule has 0 aromatic rings. The van der Waals surface area contributed by atoms with E-state index in [9.17, 15) is 14.4 Å². The number of carbonyl (C=O) groups is 3. The van der Waals surface area contributed by atoms with Crippen molar-refractivity contribution in [2.24, 2.45) is 17.8 Å². The zero-order valence-corrected chi connectivity index (χ0v) is 30.2. The molecule has 3 amide bonds. The Morgan fingerprint density at radius 2 is 0.913 bits per heavy atom. The van der Waals surface area contributed by atoms with Crippen molar-refractivity contribution in [2.75, 3.05) is 59.1 Å². The lowest BCUT2D eigenvalue weighted by molar-refractivity contribution is 0.0127. The van der Waals surface area contributed by atoms with Crippen molar-refractivity contribution >= 4 is 18.3 Å². The third-order valence-electron chi connectivity index (χ3n) is 7.76. The van der Waals surface area contributed by atoms with Gasteiger partial charge in [-0.25, -0.2) is 14.4 Å². The summed E-state index contributed by atoms with van der Waals surface area (Å²) in [6, 6.07) is 0. The molecule has 0 saturated carbocycles. The Morgan fingerprint density at radius 1 is 0.543 bits per heavy atom. The van der Waals surface area contributed by atoms with E-state index in [2.05, 4.69) is 0 Å². The first-order chi connectivity index (χ1) is 21.3. The van der Waals surface area contributed by atoms with Crippen LogP contribution in [0.4, 0.5) is 14.4 Å². The molecule has 12 heteroatoms. The highest BCUT2D eigenvalue weighted by molar-refractivity contribution is 5.69. The van der Waals surface area contributed by atoms with Gasteiger partial charge < -0.3 is 44.2 Å². The molecule has 12 nitrogen and oxygen atoms in total. The van der Waals surface area contributed by atoms with Crippen LogP contribution in [-0.4, -0.2) is 124 Å². The lowest BCUT2D eigenvalue weighted by Gasteiger charge is -2.33. The number of nitrogens with zero attached hydrogens (tertiary/aromatic N) is 3. The number of aliphatic hydroxyl groups is 3. The summed E-state index contributed by atoms with van der Waals surface area (Å²) in [4.78, 5) is 40.3. The van der Waals surface area contributed by atoms with Crippen LogP contribution < -0.4 is 0 Å². The van der Waals surface area contributed by atoms with E-state index in [0.29, 0.717) is 31.5 Å². The van der Waals surface area contributed by atoms with E-state index >= 15 is 0 Å². The molecule has 0 aromatic heterocycles. The molecule has 3 rings (SSSR count). The van der Waals surface area contributed by atoms with Gasteiger partial charge in [0, 0.05) is 59.1 Å². The van der Waals surface area contributed by atoms with Crippen LogP contribution in [0.5, 0.6) is 0 Å². The van der Waals surface area contributed by atoms with E-state index in [-0.39, 0.29) is 44.0 Å². The number of ether oxygens (including phenoxy) is 3. The largest absolute Gasteiger partial charge is 0.444 e. The summed E-state index contributed by atoms with van der Waals surface area (Å²) in [6.45, 7) is 21.7. The SMILES string of the molecule is CC(C)(C)OC(=O)N1CCC(CCO)CC1.CC(C)(C)OC(=O)N1CCC(CO)CC1.CC(C)(C)OC(=O)N1CCCC(CO)C1. The molecule has 3 N–H and O–H groups in total. The molecular formula is C34H65N3O9. The van der Waals surface area contributed by atoms with E-state index in [1.807, 2.05) is 62.3 Å². The van der Waals surface area contributed by atoms with Crippen LogP contribution in [0.2, 0.25) is 0 Å². The van der Waals surface area contributed by atoms with Gasteiger partial charge in [0.2, 0.25) is 0 Å². The van der Waals surface area contributed by atoms with Gasteiger partial charge in [0.1, 0.15) is 16.8 Å². The fourth-order valence-electron chi connectivity index (χ4n) is 5.24. The van der Waals surface area contributed by atoms with Crippen molar-refractivity contribution < 1.29 is 43.9 Å². The molecule has 46 heavy (non-hydrogen) atoms. The van der Waals surface area contributed by atoms with Gasteiger partial charge >= 0.3 is 18.3 Å². The van der Waals surface area contributed by atoms with Gasteiger partial charge in [-0.05, 0) is 125 Å². The van der Waals surface area contributed by atoms with Crippen molar-refractivity contribution in [3.05, 3.63) is 0 Å². The number of piperidine rings is 3. The molecule has 3 fully saturated rings. The maximum absolute atomic E-state index is 11.7. The topological polar surface area (TPSA) is 149 Å². The molecule has 0 bridgehead atoms. The van der Waals surface area contributed by atoms with E-state index in [4.69, 9.17) is 29.5 Å². The van der Waals surface area contributed by atoms with E-state index in [1.165, 1.54) is 0 Å². The van der Waals surface area contributed by atoms with Gasteiger partial charge in [0.25, 0.3) is 0 Å². The summed E-state index contributed by atoms with van der Waals surface area (Å²) < 4.78 is 15.9. The number of hydrogen-bond acceptors (Lipinski definition) is 9. The Balaban J connectivity index is 0.000000345. The first kappa shape index (κ1) is 41.7. The number of carbonyl (C=O) groups excluding carboxylic acids is 3. The molecule has 3 saturated heterocycles. The molecule has 3 aliphatic heterocycles. The normalized spacial score (nSPS) is 20.1. The predicted octanol–water partition coefficient (Wildman–Crippen LogP) is 5.27. The van der Waals surface area contributed by atoms with Gasteiger partial charge in [-0.2, -0.15) is 0 Å². The summed E-state index contributed by atoms with van der Waals surface area (Å²) in [5.74, 6) is 1.12. The zero-order chi connectivity index (χ0) is 35.1.